The molecule has 1 aliphatic carbocycles. The summed E-state index contributed by atoms with van der Waals surface area (Å²) in [7, 11) is 0. The maximum absolute atomic E-state index is 6.14. The summed E-state index contributed by atoms with van der Waals surface area (Å²) in [5.41, 5.74) is 6.14. The lowest BCUT2D eigenvalue weighted by Gasteiger charge is -2.36. The summed E-state index contributed by atoms with van der Waals surface area (Å²) >= 11 is 0. The van der Waals surface area contributed by atoms with Crippen molar-refractivity contribution in [2.45, 2.75) is 57.9 Å². The molecule has 94 valence electrons. The Balaban J connectivity index is 1.65. The molecular formula is C14H28N2. The van der Waals surface area contributed by atoms with E-state index in [1.165, 1.54) is 58.0 Å². The Morgan fingerprint density at radius 3 is 2.56 bits per heavy atom. The van der Waals surface area contributed by atoms with Gasteiger partial charge < -0.3 is 10.6 Å². The van der Waals surface area contributed by atoms with E-state index in [1.54, 1.807) is 0 Å². The van der Waals surface area contributed by atoms with Crippen LogP contribution in [0, 0.1) is 11.8 Å². The molecule has 0 spiro atoms. The van der Waals surface area contributed by atoms with E-state index >= 15 is 0 Å². The predicted molar refractivity (Wildman–Crippen MR) is 69.4 cm³/mol. The number of rotatable bonds is 3. The smallest absolute Gasteiger partial charge is 0.0194 e. The summed E-state index contributed by atoms with van der Waals surface area (Å²) in [6, 6.07) is 0.417. The number of hydrogen-bond acceptors (Lipinski definition) is 2. The molecule has 1 heterocycles. The molecule has 2 rings (SSSR count). The molecule has 2 unspecified atom stereocenters. The zero-order valence-electron chi connectivity index (χ0n) is 10.8. The van der Waals surface area contributed by atoms with Crippen molar-refractivity contribution in [2.24, 2.45) is 17.6 Å². The SMILES string of the molecule is CC1CCN(CCC2CCCCC2)CC1N. The van der Waals surface area contributed by atoms with E-state index in [0.29, 0.717) is 6.04 Å². The zero-order chi connectivity index (χ0) is 11.4. The van der Waals surface area contributed by atoms with Crippen molar-refractivity contribution in [2.75, 3.05) is 19.6 Å². The Hall–Kier alpha value is -0.0800. The molecule has 2 aliphatic rings. The first-order chi connectivity index (χ1) is 7.75. The molecule has 2 atom stereocenters. The molecule has 0 aromatic rings. The molecule has 0 radical (unpaired) electrons. The van der Waals surface area contributed by atoms with Crippen LogP contribution < -0.4 is 5.73 Å². The van der Waals surface area contributed by atoms with Gasteiger partial charge in [-0.2, -0.15) is 0 Å². The minimum atomic E-state index is 0.417. The lowest BCUT2D eigenvalue weighted by Crippen LogP contribution is -2.47. The lowest BCUT2D eigenvalue weighted by atomic mass is 9.86. The highest BCUT2D eigenvalue weighted by molar-refractivity contribution is 4.81. The highest BCUT2D eigenvalue weighted by atomic mass is 15.1. The van der Waals surface area contributed by atoms with Crippen LogP contribution in [0.25, 0.3) is 0 Å². The van der Waals surface area contributed by atoms with E-state index in [-0.39, 0.29) is 0 Å². The van der Waals surface area contributed by atoms with E-state index in [2.05, 4.69) is 11.8 Å². The van der Waals surface area contributed by atoms with Crippen LogP contribution in [0.5, 0.6) is 0 Å². The topological polar surface area (TPSA) is 29.3 Å². The fourth-order valence-electron chi connectivity index (χ4n) is 3.21. The van der Waals surface area contributed by atoms with Crippen LogP contribution in [0.15, 0.2) is 0 Å². The summed E-state index contributed by atoms with van der Waals surface area (Å²) in [5.74, 6) is 1.75. The first-order valence-corrected chi connectivity index (χ1v) is 7.23. The van der Waals surface area contributed by atoms with Crippen molar-refractivity contribution in [3.8, 4) is 0 Å². The van der Waals surface area contributed by atoms with Crippen molar-refractivity contribution < 1.29 is 0 Å². The standard InChI is InChI=1S/C14H28N2/c1-12-7-9-16(11-14(12)15)10-8-13-5-3-2-4-6-13/h12-14H,2-11,15H2,1H3. The molecule has 2 nitrogen and oxygen atoms in total. The van der Waals surface area contributed by atoms with Gasteiger partial charge in [-0.15, -0.1) is 0 Å². The van der Waals surface area contributed by atoms with Crippen LogP contribution in [0.2, 0.25) is 0 Å². The summed E-state index contributed by atoms with van der Waals surface area (Å²) in [6.45, 7) is 6.00. The average molecular weight is 224 g/mol. The molecule has 0 aromatic heterocycles. The number of nitrogens with zero attached hydrogens (tertiary/aromatic N) is 1. The molecule has 1 saturated carbocycles. The molecular weight excluding hydrogens is 196 g/mol. The number of likely N-dealkylation sites (tertiary alicyclic amines) is 1. The lowest BCUT2D eigenvalue weighted by molar-refractivity contribution is 0.154. The van der Waals surface area contributed by atoms with Gasteiger partial charge in [0.15, 0.2) is 0 Å². The third-order valence-corrected chi connectivity index (χ3v) is 4.68. The molecule has 16 heavy (non-hydrogen) atoms. The number of nitrogens with two attached hydrogens (primary N) is 1. The van der Waals surface area contributed by atoms with Crippen LogP contribution in [0.3, 0.4) is 0 Å². The monoisotopic (exact) mass is 224 g/mol. The normalized spacial score (nSPS) is 34.1. The first-order valence-electron chi connectivity index (χ1n) is 7.23. The van der Waals surface area contributed by atoms with Gasteiger partial charge in [0.1, 0.15) is 0 Å². The van der Waals surface area contributed by atoms with Gasteiger partial charge in [0, 0.05) is 12.6 Å². The summed E-state index contributed by atoms with van der Waals surface area (Å²) in [4.78, 5) is 2.60. The van der Waals surface area contributed by atoms with Gasteiger partial charge >= 0.3 is 0 Å². The van der Waals surface area contributed by atoms with Gasteiger partial charge in [-0.25, -0.2) is 0 Å². The number of hydrogen-bond donors (Lipinski definition) is 1. The molecule has 2 fully saturated rings. The quantitative estimate of drug-likeness (QED) is 0.798. The van der Waals surface area contributed by atoms with Gasteiger partial charge in [-0.1, -0.05) is 39.0 Å². The van der Waals surface area contributed by atoms with Gasteiger partial charge in [0.2, 0.25) is 0 Å². The Morgan fingerprint density at radius 1 is 1.12 bits per heavy atom. The second kappa shape index (κ2) is 6.02. The number of piperidine rings is 1. The minimum absolute atomic E-state index is 0.417. The second-order valence-electron chi connectivity index (χ2n) is 6.02. The van der Waals surface area contributed by atoms with Crippen molar-refractivity contribution in [1.29, 1.82) is 0 Å². The molecule has 0 aromatic carbocycles. The summed E-state index contributed by atoms with van der Waals surface area (Å²) in [5, 5.41) is 0. The van der Waals surface area contributed by atoms with Gasteiger partial charge in [0.25, 0.3) is 0 Å². The van der Waals surface area contributed by atoms with E-state index in [1.807, 2.05) is 0 Å². The molecule has 0 bridgehead atoms. The van der Waals surface area contributed by atoms with Gasteiger partial charge in [0.05, 0.1) is 0 Å². The molecule has 1 saturated heterocycles. The molecule has 1 aliphatic heterocycles. The molecule has 0 amide bonds. The average Bonchev–Trinajstić information content (AvgIpc) is 2.32. The Bertz CT molecular complexity index is 199. The third-order valence-electron chi connectivity index (χ3n) is 4.68. The van der Waals surface area contributed by atoms with Crippen LogP contribution in [0.4, 0.5) is 0 Å². The fraction of sp³-hybridized carbons (Fsp3) is 1.00. The van der Waals surface area contributed by atoms with Crippen molar-refractivity contribution in [1.82, 2.24) is 4.90 Å². The zero-order valence-corrected chi connectivity index (χ0v) is 10.8. The first kappa shape index (κ1) is 12.4. The summed E-state index contributed by atoms with van der Waals surface area (Å²) in [6.07, 6.45) is 10.1. The highest BCUT2D eigenvalue weighted by Crippen LogP contribution is 2.27. The van der Waals surface area contributed by atoms with Crippen molar-refractivity contribution in [3.63, 3.8) is 0 Å². The molecule has 2 N–H and O–H groups in total. The van der Waals surface area contributed by atoms with E-state index in [0.717, 1.165) is 18.4 Å². The van der Waals surface area contributed by atoms with Gasteiger partial charge in [-0.05, 0) is 37.8 Å². The van der Waals surface area contributed by atoms with Crippen LogP contribution >= 0.6 is 0 Å². The Labute approximate surface area is 101 Å². The van der Waals surface area contributed by atoms with Crippen LogP contribution in [0.1, 0.15) is 51.9 Å². The van der Waals surface area contributed by atoms with Crippen molar-refractivity contribution in [3.05, 3.63) is 0 Å². The van der Waals surface area contributed by atoms with E-state index in [9.17, 15) is 0 Å². The second-order valence-corrected chi connectivity index (χ2v) is 6.02. The predicted octanol–water partition coefficient (Wildman–Crippen LogP) is 2.63. The fourth-order valence-corrected chi connectivity index (χ4v) is 3.21. The minimum Gasteiger partial charge on any atom is -0.326 e. The third kappa shape index (κ3) is 3.46. The Morgan fingerprint density at radius 2 is 1.88 bits per heavy atom. The Kier molecular flexibility index (Phi) is 4.66. The van der Waals surface area contributed by atoms with Gasteiger partial charge in [-0.3, -0.25) is 0 Å². The molecule has 2 heteroatoms. The van der Waals surface area contributed by atoms with E-state index in [4.69, 9.17) is 5.73 Å². The van der Waals surface area contributed by atoms with Crippen LogP contribution in [-0.4, -0.2) is 30.6 Å². The maximum Gasteiger partial charge on any atom is 0.0194 e. The van der Waals surface area contributed by atoms with Crippen molar-refractivity contribution >= 4 is 0 Å². The van der Waals surface area contributed by atoms with E-state index < -0.39 is 0 Å². The summed E-state index contributed by atoms with van der Waals surface area (Å²) < 4.78 is 0. The maximum atomic E-state index is 6.14. The largest absolute Gasteiger partial charge is 0.326 e. The van der Waals surface area contributed by atoms with Crippen LogP contribution in [-0.2, 0) is 0 Å². The highest BCUT2D eigenvalue weighted by Gasteiger charge is 2.23.